The van der Waals surface area contributed by atoms with E-state index < -0.39 is 75.3 Å². The molecule has 0 aromatic carbocycles. The average Bonchev–Trinajstić information content (AvgIpc) is 3.13. The number of methoxy groups -OCH3 is 2. The number of rotatable bonds is 7. The van der Waals surface area contributed by atoms with Gasteiger partial charge in [0.1, 0.15) is 0 Å². The molecule has 0 amide bonds. The van der Waals surface area contributed by atoms with Gasteiger partial charge in [-0.05, 0) is 109 Å². The zero-order chi connectivity index (χ0) is 43.9. The quantitative estimate of drug-likeness (QED) is 0.0795. The molecule has 0 aromatic rings. The minimum atomic E-state index is -2.54. The van der Waals surface area contributed by atoms with Crippen LogP contribution in [0.3, 0.4) is 0 Å². The third-order valence-electron chi connectivity index (χ3n) is 16.5. The number of carbonyl (C=O) groups excluding carboxylic acids is 5. The van der Waals surface area contributed by atoms with Gasteiger partial charge in [-0.3, -0.25) is 14.4 Å². The van der Waals surface area contributed by atoms with Gasteiger partial charge in [0.2, 0.25) is 0 Å². The van der Waals surface area contributed by atoms with E-state index in [4.69, 9.17) is 68.0 Å². The van der Waals surface area contributed by atoms with Gasteiger partial charge in [0.15, 0.2) is 30.7 Å². The molecule has 6 rings (SSSR count). The van der Waals surface area contributed by atoms with Gasteiger partial charge in [-0.2, -0.15) is 0 Å². The van der Waals surface area contributed by atoms with E-state index in [0.717, 1.165) is 78.7 Å². The molecule has 5 fully saturated rings. The Balaban J connectivity index is 1.33. The number of fused-ring (bicyclic) bond motifs is 7. The van der Waals surface area contributed by atoms with Gasteiger partial charge >= 0.3 is 29.8 Å². The summed E-state index contributed by atoms with van der Waals surface area (Å²) < 4.78 is 37.8. The average molecular weight is 890 g/mol. The van der Waals surface area contributed by atoms with E-state index in [1.54, 1.807) is 0 Å². The first-order valence-corrected chi connectivity index (χ1v) is 22.2. The highest BCUT2D eigenvalue weighted by Gasteiger charge is 2.70. The van der Waals surface area contributed by atoms with Crippen molar-refractivity contribution in [3.05, 3.63) is 11.6 Å². The van der Waals surface area contributed by atoms with E-state index in [0.29, 0.717) is 12.3 Å². The molecule has 0 bridgehead atoms. The van der Waals surface area contributed by atoms with Crippen molar-refractivity contribution < 1.29 is 57.1 Å². The lowest BCUT2D eigenvalue weighted by atomic mass is 9.33. The fraction of sp³-hybridized carbons (Fsp3) is 0.841. The van der Waals surface area contributed by atoms with Crippen LogP contribution in [-0.4, -0.2) is 84.7 Å². The maximum atomic E-state index is 13.7. The molecule has 1 heterocycles. The number of alkyl halides is 3. The number of ether oxygens (including phenoxy) is 7. The number of halogens is 3. The smallest absolute Gasteiger partial charge is 0.359 e. The number of allylic oxidation sites excluding steroid dienone is 2. The second-order valence-electron chi connectivity index (χ2n) is 20.3. The predicted octanol–water partition coefficient (Wildman–Crippen LogP) is 8.39. The summed E-state index contributed by atoms with van der Waals surface area (Å²) in [6.45, 7) is 18.6. The van der Waals surface area contributed by atoms with Crippen LogP contribution >= 0.6 is 34.8 Å². The van der Waals surface area contributed by atoms with Gasteiger partial charge in [0.05, 0.1) is 25.7 Å². The Morgan fingerprint density at radius 3 is 1.97 bits per heavy atom. The summed E-state index contributed by atoms with van der Waals surface area (Å²) in [6, 6.07) is 0. The molecule has 332 valence electrons. The van der Waals surface area contributed by atoms with Gasteiger partial charge in [0.25, 0.3) is 3.79 Å². The van der Waals surface area contributed by atoms with Crippen molar-refractivity contribution in [2.24, 2.45) is 50.2 Å². The predicted molar refractivity (Wildman–Crippen MR) is 218 cm³/mol. The fourth-order valence-electron chi connectivity index (χ4n) is 13.4. The molecule has 1 aliphatic heterocycles. The molecule has 0 unspecified atom stereocenters. The minimum absolute atomic E-state index is 0.0321. The highest BCUT2D eigenvalue weighted by atomic mass is 35.6. The molecule has 5 aliphatic carbocycles. The van der Waals surface area contributed by atoms with Crippen LogP contribution in [0.1, 0.15) is 127 Å². The standard InChI is InChI=1S/C44H63Cl3O12/c1-23(48)55-30-31(56-24(2)49)33(59-37(52)44(45,46)47)35(58-32(30)34(50)53-10)57-29-15-16-40(7)27(39(29,5)6)14-17-42(9)28(40)13-12-25-26-22-38(3,4)18-20-43(26,36(51)54-11)21-19-41(25,42)8/h12,26-33,35H,13-22H2,1-11H3/t26-,27-,28+,29-,30-,31-,32-,33+,35-,40-,41+,42+,43-/m0/s1. The van der Waals surface area contributed by atoms with Crippen LogP contribution in [0.25, 0.3) is 0 Å². The van der Waals surface area contributed by atoms with Crippen molar-refractivity contribution in [2.75, 3.05) is 14.2 Å². The molecule has 12 nitrogen and oxygen atoms in total. The number of hydrogen-bond donors (Lipinski definition) is 0. The van der Waals surface area contributed by atoms with Crippen molar-refractivity contribution in [3.63, 3.8) is 0 Å². The van der Waals surface area contributed by atoms with Gasteiger partial charge in [-0.25, -0.2) is 9.59 Å². The van der Waals surface area contributed by atoms with Crippen molar-refractivity contribution in [2.45, 2.75) is 167 Å². The molecule has 13 atom stereocenters. The van der Waals surface area contributed by atoms with Gasteiger partial charge in [-0.1, -0.05) is 94.9 Å². The second kappa shape index (κ2) is 15.9. The van der Waals surface area contributed by atoms with Gasteiger partial charge < -0.3 is 33.2 Å². The molecule has 4 saturated carbocycles. The van der Waals surface area contributed by atoms with E-state index in [1.807, 2.05) is 0 Å². The Labute approximate surface area is 363 Å². The van der Waals surface area contributed by atoms with Crippen LogP contribution < -0.4 is 0 Å². The summed E-state index contributed by atoms with van der Waals surface area (Å²) in [7, 11) is 2.66. The van der Waals surface area contributed by atoms with Crippen LogP contribution in [0, 0.1) is 50.2 Å². The Morgan fingerprint density at radius 2 is 1.37 bits per heavy atom. The van der Waals surface area contributed by atoms with Crippen LogP contribution in [0.4, 0.5) is 0 Å². The first-order chi connectivity index (χ1) is 27.2. The normalized spacial score (nSPS) is 42.2. The lowest BCUT2D eigenvalue weighted by molar-refractivity contribution is -0.327. The van der Waals surface area contributed by atoms with E-state index >= 15 is 0 Å². The Hall–Kier alpha value is -2.12. The first kappa shape index (κ1) is 46.4. The van der Waals surface area contributed by atoms with Gasteiger partial charge in [0, 0.05) is 13.8 Å². The Bertz CT molecular complexity index is 1740. The summed E-state index contributed by atoms with van der Waals surface area (Å²) in [5, 5.41) is 0. The molecule has 0 aromatic heterocycles. The van der Waals surface area contributed by atoms with Crippen molar-refractivity contribution in [3.8, 4) is 0 Å². The van der Waals surface area contributed by atoms with Crippen LogP contribution in [0.5, 0.6) is 0 Å². The third-order valence-corrected chi connectivity index (χ3v) is 16.9. The fourth-order valence-corrected chi connectivity index (χ4v) is 13.5. The largest absolute Gasteiger partial charge is 0.469 e. The summed E-state index contributed by atoms with van der Waals surface area (Å²) in [6.07, 6.45) is 2.80. The summed E-state index contributed by atoms with van der Waals surface area (Å²) in [5.74, 6) is -3.30. The Morgan fingerprint density at radius 1 is 0.746 bits per heavy atom. The van der Waals surface area contributed by atoms with E-state index in [9.17, 15) is 24.0 Å². The lowest BCUT2D eigenvalue weighted by Gasteiger charge is -2.71. The topological polar surface area (TPSA) is 150 Å². The zero-order valence-electron chi connectivity index (χ0n) is 36.4. The van der Waals surface area contributed by atoms with E-state index in [2.05, 4.69) is 54.5 Å². The monoisotopic (exact) mass is 888 g/mol. The molecule has 15 heteroatoms. The number of hydrogen-bond acceptors (Lipinski definition) is 12. The van der Waals surface area contributed by atoms with Crippen molar-refractivity contribution in [1.82, 2.24) is 0 Å². The van der Waals surface area contributed by atoms with Crippen molar-refractivity contribution >= 4 is 64.6 Å². The highest BCUT2D eigenvalue weighted by molar-refractivity contribution is 6.75. The number of esters is 5. The molecular formula is C44H63Cl3O12. The SMILES string of the molecule is COC(=O)[C@H]1O[C@H](O[C@H]2CC[C@]3(C)[C@H]4CC=C5[C@@H]6CC(C)(C)CC[C@]6(C(=O)OC)CC[C@@]5(C)[C@]4(C)CC[C@H]3C2(C)C)[C@H](OC(=O)C(Cl)(Cl)Cl)[C@@H](OC(C)=O)[C@@H]1OC(C)=O. The summed E-state index contributed by atoms with van der Waals surface area (Å²) >= 11 is 17.8. The van der Waals surface area contributed by atoms with E-state index in [-0.39, 0.29) is 39.5 Å². The summed E-state index contributed by atoms with van der Waals surface area (Å²) in [5.41, 5.74) is 0.379. The molecule has 0 spiro atoms. The van der Waals surface area contributed by atoms with Crippen LogP contribution in [0.2, 0.25) is 0 Å². The number of carbonyl (C=O) groups is 5. The molecular weight excluding hydrogens is 827 g/mol. The third kappa shape index (κ3) is 7.73. The molecule has 0 N–H and O–H groups in total. The first-order valence-electron chi connectivity index (χ1n) is 21.0. The molecule has 1 saturated heterocycles. The molecule has 6 aliphatic rings. The van der Waals surface area contributed by atoms with Crippen LogP contribution in [0.15, 0.2) is 11.6 Å². The summed E-state index contributed by atoms with van der Waals surface area (Å²) in [4.78, 5) is 64.8. The Kier molecular flexibility index (Phi) is 12.5. The van der Waals surface area contributed by atoms with Crippen LogP contribution in [-0.2, 0) is 57.1 Å². The maximum Gasteiger partial charge on any atom is 0.359 e. The minimum Gasteiger partial charge on any atom is -0.469 e. The van der Waals surface area contributed by atoms with Gasteiger partial charge in [-0.15, -0.1) is 0 Å². The lowest BCUT2D eigenvalue weighted by Crippen LogP contribution is -2.67. The second-order valence-corrected chi connectivity index (χ2v) is 22.6. The maximum absolute atomic E-state index is 13.7. The molecule has 59 heavy (non-hydrogen) atoms. The highest BCUT2D eigenvalue weighted by Crippen LogP contribution is 2.76. The molecule has 0 radical (unpaired) electrons. The van der Waals surface area contributed by atoms with E-state index in [1.165, 1.54) is 12.7 Å². The van der Waals surface area contributed by atoms with Crippen molar-refractivity contribution in [1.29, 1.82) is 0 Å². The zero-order valence-corrected chi connectivity index (χ0v) is 38.6.